The molecule has 0 unspecified atom stereocenters. The van der Waals surface area contributed by atoms with Gasteiger partial charge in [-0.2, -0.15) is 5.01 Å². The minimum atomic E-state index is -0.541. The predicted molar refractivity (Wildman–Crippen MR) is 120 cm³/mol. The van der Waals surface area contributed by atoms with Gasteiger partial charge in [0, 0.05) is 38.8 Å². The fourth-order valence-electron chi connectivity index (χ4n) is 3.68. The Hall–Kier alpha value is -3.16. The molecule has 0 bridgehead atoms. The van der Waals surface area contributed by atoms with Gasteiger partial charge >= 0.3 is 5.97 Å². The Balaban J connectivity index is 1.68. The first-order valence-electron chi connectivity index (χ1n) is 10.1. The molecule has 0 radical (unpaired) electrons. The lowest BCUT2D eigenvalue weighted by Crippen LogP contribution is -2.31. The number of nitrogens with one attached hydrogen (secondary N) is 1. The van der Waals surface area contributed by atoms with E-state index in [1.165, 1.54) is 17.5 Å². The van der Waals surface area contributed by atoms with E-state index in [1.807, 2.05) is 18.2 Å². The lowest BCUT2D eigenvalue weighted by Gasteiger charge is -2.21. The van der Waals surface area contributed by atoms with Crippen molar-refractivity contribution in [3.8, 4) is 0 Å². The third-order valence-corrected chi connectivity index (χ3v) is 5.37. The number of hydrogen-bond acceptors (Lipinski definition) is 6. The van der Waals surface area contributed by atoms with Crippen LogP contribution < -0.4 is 10.3 Å². The van der Waals surface area contributed by atoms with E-state index in [4.69, 9.17) is 16.3 Å². The fourth-order valence-corrected chi connectivity index (χ4v) is 3.90. The molecule has 4 rings (SSSR count). The summed E-state index contributed by atoms with van der Waals surface area (Å²) in [5.74, 6) is -0.935. The van der Waals surface area contributed by atoms with E-state index < -0.39 is 5.97 Å². The molecule has 1 fully saturated rings. The second-order valence-electron chi connectivity index (χ2n) is 7.40. The summed E-state index contributed by atoms with van der Waals surface area (Å²) in [6, 6.07) is 17.1. The number of benzene rings is 2. The van der Waals surface area contributed by atoms with Crippen LogP contribution in [0.15, 0.2) is 71.0 Å². The molecule has 1 N–H and O–H groups in total. The van der Waals surface area contributed by atoms with Crippen LogP contribution in [0.25, 0.3) is 0 Å². The molecule has 1 amide bonds. The zero-order valence-electron chi connectivity index (χ0n) is 17.2. The SMILES string of the molecule is CC(=O)OC1=NN(c2ccccc2Cl)C(=O)/C1=C1/CN(Cc2ccccc2)CCCN1. The smallest absolute Gasteiger partial charge is 0.309 e. The summed E-state index contributed by atoms with van der Waals surface area (Å²) in [7, 11) is 0. The lowest BCUT2D eigenvalue weighted by molar-refractivity contribution is -0.132. The van der Waals surface area contributed by atoms with Gasteiger partial charge in [-0.3, -0.25) is 14.5 Å². The third kappa shape index (κ3) is 4.78. The molecule has 0 aromatic heterocycles. The van der Waals surface area contributed by atoms with Gasteiger partial charge in [-0.1, -0.05) is 54.1 Å². The molecular weight excluding hydrogens is 416 g/mol. The Morgan fingerprint density at radius 2 is 1.90 bits per heavy atom. The van der Waals surface area contributed by atoms with Crippen LogP contribution in [0.2, 0.25) is 5.02 Å². The van der Waals surface area contributed by atoms with Crippen molar-refractivity contribution in [1.29, 1.82) is 0 Å². The van der Waals surface area contributed by atoms with Gasteiger partial charge in [-0.05, 0) is 24.1 Å². The van der Waals surface area contributed by atoms with Crippen LogP contribution in [0.4, 0.5) is 5.69 Å². The first kappa shape index (κ1) is 21.1. The first-order chi connectivity index (χ1) is 15.0. The van der Waals surface area contributed by atoms with Gasteiger partial charge in [-0.15, -0.1) is 5.10 Å². The summed E-state index contributed by atoms with van der Waals surface area (Å²) in [6.07, 6.45) is 0.923. The van der Waals surface area contributed by atoms with Crippen molar-refractivity contribution in [2.24, 2.45) is 5.10 Å². The van der Waals surface area contributed by atoms with Crippen LogP contribution in [0.3, 0.4) is 0 Å². The van der Waals surface area contributed by atoms with E-state index in [2.05, 4.69) is 27.5 Å². The number of carbonyl (C=O) groups is 2. The van der Waals surface area contributed by atoms with Crippen LogP contribution in [0.1, 0.15) is 18.9 Å². The summed E-state index contributed by atoms with van der Waals surface area (Å²) in [5, 5.41) is 9.21. The van der Waals surface area contributed by atoms with Crippen molar-refractivity contribution < 1.29 is 14.3 Å². The summed E-state index contributed by atoms with van der Waals surface area (Å²) >= 11 is 6.29. The quantitative estimate of drug-likeness (QED) is 0.587. The Morgan fingerprint density at radius 3 is 2.65 bits per heavy atom. The van der Waals surface area contributed by atoms with E-state index in [0.717, 1.165) is 19.5 Å². The highest BCUT2D eigenvalue weighted by atomic mass is 35.5. The molecule has 1 saturated heterocycles. The van der Waals surface area contributed by atoms with Crippen LogP contribution in [-0.2, 0) is 20.9 Å². The molecule has 2 aromatic rings. The number of halogens is 1. The molecule has 7 nitrogen and oxygen atoms in total. The van der Waals surface area contributed by atoms with E-state index in [1.54, 1.807) is 24.3 Å². The second kappa shape index (κ2) is 9.32. The number of para-hydroxylation sites is 1. The molecule has 0 saturated carbocycles. The minimum Gasteiger partial charge on any atom is -0.405 e. The molecule has 2 heterocycles. The van der Waals surface area contributed by atoms with Gasteiger partial charge in [0.2, 0.25) is 0 Å². The molecular formula is C23H23ClN4O3. The van der Waals surface area contributed by atoms with Gasteiger partial charge in [0.25, 0.3) is 11.8 Å². The number of carbonyl (C=O) groups excluding carboxylic acids is 2. The molecule has 2 aliphatic rings. The molecule has 2 aliphatic heterocycles. The molecule has 160 valence electrons. The van der Waals surface area contributed by atoms with E-state index in [-0.39, 0.29) is 17.4 Å². The maximum atomic E-state index is 13.4. The summed E-state index contributed by atoms with van der Waals surface area (Å²) in [4.78, 5) is 27.3. The number of nitrogens with zero attached hydrogens (tertiary/aromatic N) is 3. The second-order valence-corrected chi connectivity index (χ2v) is 7.80. The van der Waals surface area contributed by atoms with Crippen molar-refractivity contribution in [3.63, 3.8) is 0 Å². The van der Waals surface area contributed by atoms with Crippen LogP contribution >= 0.6 is 11.6 Å². The van der Waals surface area contributed by atoms with Crippen LogP contribution in [0.5, 0.6) is 0 Å². The van der Waals surface area contributed by atoms with Gasteiger partial charge in [0.1, 0.15) is 5.57 Å². The van der Waals surface area contributed by atoms with Gasteiger partial charge in [0.15, 0.2) is 0 Å². The molecule has 8 heteroatoms. The number of esters is 1. The number of hydrogen-bond donors (Lipinski definition) is 1. The van der Waals surface area contributed by atoms with Crippen LogP contribution in [-0.4, -0.2) is 42.3 Å². The average molecular weight is 439 g/mol. The number of hydrazone groups is 1. The molecule has 0 aliphatic carbocycles. The molecule has 31 heavy (non-hydrogen) atoms. The summed E-state index contributed by atoms with van der Waals surface area (Å²) in [5.41, 5.74) is 2.57. The van der Waals surface area contributed by atoms with Crippen LogP contribution in [0, 0.1) is 0 Å². The van der Waals surface area contributed by atoms with Crippen molar-refractivity contribution in [2.45, 2.75) is 19.9 Å². The highest BCUT2D eigenvalue weighted by molar-refractivity contribution is 6.36. The third-order valence-electron chi connectivity index (χ3n) is 5.05. The van der Waals surface area contributed by atoms with E-state index in [0.29, 0.717) is 29.5 Å². The monoisotopic (exact) mass is 438 g/mol. The van der Waals surface area contributed by atoms with Crippen molar-refractivity contribution in [3.05, 3.63) is 76.5 Å². The van der Waals surface area contributed by atoms with Crippen molar-refractivity contribution in [1.82, 2.24) is 10.2 Å². The Kier molecular flexibility index (Phi) is 6.34. The number of amides is 1. The topological polar surface area (TPSA) is 74.2 Å². The molecule has 2 aromatic carbocycles. The largest absolute Gasteiger partial charge is 0.405 e. The fraction of sp³-hybridized carbons (Fsp3) is 0.261. The highest BCUT2D eigenvalue weighted by Gasteiger charge is 2.37. The number of ether oxygens (including phenoxy) is 1. The summed E-state index contributed by atoms with van der Waals surface area (Å²) in [6.45, 7) is 4.13. The van der Waals surface area contributed by atoms with Gasteiger partial charge < -0.3 is 10.1 Å². The standard InChI is InChI=1S/C23H23ClN4O3/c1-16(29)31-22-21(23(30)28(26-22)20-11-6-5-10-18(20)24)19-15-27(13-7-12-25-19)14-17-8-3-2-4-9-17/h2-6,8-11,25H,7,12-15H2,1H3/b21-19-. The molecule has 0 spiro atoms. The average Bonchev–Trinajstić information content (AvgIpc) is 2.91. The summed E-state index contributed by atoms with van der Waals surface area (Å²) < 4.78 is 5.32. The van der Waals surface area contributed by atoms with E-state index >= 15 is 0 Å². The van der Waals surface area contributed by atoms with Gasteiger partial charge in [-0.25, -0.2) is 0 Å². The Morgan fingerprint density at radius 1 is 1.16 bits per heavy atom. The molecule has 0 atom stereocenters. The zero-order valence-corrected chi connectivity index (χ0v) is 17.9. The Labute approximate surface area is 185 Å². The van der Waals surface area contributed by atoms with E-state index in [9.17, 15) is 9.59 Å². The zero-order chi connectivity index (χ0) is 21.8. The van der Waals surface area contributed by atoms with Crippen molar-refractivity contribution >= 4 is 35.1 Å². The van der Waals surface area contributed by atoms with Crippen molar-refractivity contribution in [2.75, 3.05) is 24.6 Å². The normalized spacial score (nSPS) is 19.6. The minimum absolute atomic E-state index is 0.0125. The maximum Gasteiger partial charge on any atom is 0.309 e. The predicted octanol–water partition coefficient (Wildman–Crippen LogP) is 3.31. The lowest BCUT2D eigenvalue weighted by atomic mass is 10.1. The Bertz CT molecular complexity index is 1050. The first-order valence-corrected chi connectivity index (χ1v) is 10.5. The maximum absolute atomic E-state index is 13.4. The van der Waals surface area contributed by atoms with Gasteiger partial charge in [0.05, 0.1) is 10.7 Å². The number of rotatable bonds is 3. The number of anilines is 1. The highest BCUT2D eigenvalue weighted by Crippen LogP contribution is 2.31.